The first-order valence-electron chi connectivity index (χ1n) is 9.23. The number of aryl methyl sites for hydroxylation is 1. The van der Waals surface area contributed by atoms with Crippen LogP contribution in [0.15, 0.2) is 59.5 Å². The van der Waals surface area contributed by atoms with Crippen molar-refractivity contribution in [1.29, 1.82) is 0 Å². The van der Waals surface area contributed by atoms with Crippen molar-refractivity contribution >= 4 is 15.9 Å². The standard InChI is InChI=1S/C21H26N2O3S/c1-17-10-12-20(13-11-17)27(25,26)23-14-6-9-19(16-23)21(24)22(2)15-18-7-4-3-5-8-18/h3-5,7-8,10-13,19H,6,9,14-16H2,1-2H3/t19-/m1/s1. The number of carbonyl (C=O) groups excluding carboxylic acids is 1. The molecule has 5 nitrogen and oxygen atoms in total. The number of nitrogens with zero attached hydrogens (tertiary/aromatic N) is 2. The fourth-order valence-electron chi connectivity index (χ4n) is 3.47. The van der Waals surface area contributed by atoms with Gasteiger partial charge in [0.1, 0.15) is 0 Å². The van der Waals surface area contributed by atoms with Crippen LogP contribution in [0.2, 0.25) is 0 Å². The molecule has 0 spiro atoms. The zero-order valence-corrected chi connectivity index (χ0v) is 16.7. The van der Waals surface area contributed by atoms with Crippen LogP contribution in [0.25, 0.3) is 0 Å². The molecule has 0 unspecified atom stereocenters. The van der Waals surface area contributed by atoms with Crippen molar-refractivity contribution in [3.63, 3.8) is 0 Å². The van der Waals surface area contributed by atoms with Crippen LogP contribution in [-0.2, 0) is 21.4 Å². The van der Waals surface area contributed by atoms with Gasteiger partial charge >= 0.3 is 0 Å². The third kappa shape index (κ3) is 4.57. The number of amides is 1. The van der Waals surface area contributed by atoms with Crippen LogP contribution in [0.3, 0.4) is 0 Å². The molecular weight excluding hydrogens is 360 g/mol. The topological polar surface area (TPSA) is 57.7 Å². The van der Waals surface area contributed by atoms with E-state index in [9.17, 15) is 13.2 Å². The number of piperidine rings is 1. The van der Waals surface area contributed by atoms with Gasteiger partial charge in [0, 0.05) is 26.7 Å². The van der Waals surface area contributed by atoms with Gasteiger partial charge in [0.25, 0.3) is 0 Å². The summed E-state index contributed by atoms with van der Waals surface area (Å²) in [7, 11) is -1.79. The highest BCUT2D eigenvalue weighted by molar-refractivity contribution is 7.89. The van der Waals surface area contributed by atoms with E-state index in [0.29, 0.717) is 24.4 Å². The van der Waals surface area contributed by atoms with Crippen LogP contribution in [-0.4, -0.2) is 43.7 Å². The Morgan fingerprint density at radius 2 is 1.78 bits per heavy atom. The monoisotopic (exact) mass is 386 g/mol. The number of benzene rings is 2. The van der Waals surface area contributed by atoms with Gasteiger partial charge in [0.05, 0.1) is 10.8 Å². The lowest BCUT2D eigenvalue weighted by Crippen LogP contribution is -2.45. The lowest BCUT2D eigenvalue weighted by atomic mass is 9.98. The molecule has 1 heterocycles. The molecule has 1 amide bonds. The van der Waals surface area contributed by atoms with Gasteiger partial charge < -0.3 is 4.90 Å². The van der Waals surface area contributed by atoms with E-state index in [4.69, 9.17) is 0 Å². The Labute approximate surface area is 161 Å². The summed E-state index contributed by atoms with van der Waals surface area (Å²) in [5, 5.41) is 0. The molecule has 0 bridgehead atoms. The zero-order chi connectivity index (χ0) is 19.4. The predicted molar refractivity (Wildman–Crippen MR) is 106 cm³/mol. The zero-order valence-electron chi connectivity index (χ0n) is 15.8. The van der Waals surface area contributed by atoms with E-state index in [1.807, 2.05) is 37.3 Å². The average Bonchev–Trinajstić information content (AvgIpc) is 2.68. The largest absolute Gasteiger partial charge is 0.341 e. The first-order chi connectivity index (χ1) is 12.9. The van der Waals surface area contributed by atoms with E-state index in [1.54, 1.807) is 36.2 Å². The predicted octanol–water partition coefficient (Wildman–Crippen LogP) is 3.05. The summed E-state index contributed by atoms with van der Waals surface area (Å²) in [6.07, 6.45) is 1.42. The van der Waals surface area contributed by atoms with Gasteiger partial charge in [-0.3, -0.25) is 4.79 Å². The second-order valence-corrected chi connectivity index (χ2v) is 9.13. The van der Waals surface area contributed by atoms with Crippen molar-refractivity contribution in [1.82, 2.24) is 9.21 Å². The van der Waals surface area contributed by atoms with Crippen LogP contribution >= 0.6 is 0 Å². The van der Waals surface area contributed by atoms with Crippen molar-refractivity contribution in [2.24, 2.45) is 5.92 Å². The quantitative estimate of drug-likeness (QED) is 0.794. The summed E-state index contributed by atoms with van der Waals surface area (Å²) in [6.45, 7) is 3.16. The smallest absolute Gasteiger partial charge is 0.243 e. The van der Waals surface area contributed by atoms with E-state index in [-0.39, 0.29) is 18.4 Å². The van der Waals surface area contributed by atoms with Crippen LogP contribution in [0.1, 0.15) is 24.0 Å². The Morgan fingerprint density at radius 3 is 2.44 bits per heavy atom. The number of hydrogen-bond acceptors (Lipinski definition) is 3. The van der Waals surface area contributed by atoms with Gasteiger partial charge in [0.15, 0.2) is 0 Å². The molecule has 6 heteroatoms. The number of sulfonamides is 1. The van der Waals surface area contributed by atoms with E-state index in [1.165, 1.54) is 4.31 Å². The van der Waals surface area contributed by atoms with E-state index in [0.717, 1.165) is 17.5 Å². The summed E-state index contributed by atoms with van der Waals surface area (Å²) in [6, 6.07) is 16.7. The van der Waals surface area contributed by atoms with Gasteiger partial charge in [0.2, 0.25) is 15.9 Å². The third-order valence-electron chi connectivity index (χ3n) is 5.03. The van der Waals surface area contributed by atoms with Gasteiger partial charge in [-0.05, 0) is 37.5 Å². The fraction of sp³-hybridized carbons (Fsp3) is 0.381. The van der Waals surface area contributed by atoms with Crippen molar-refractivity contribution in [2.45, 2.75) is 31.2 Å². The maximum atomic E-state index is 12.9. The molecule has 1 fully saturated rings. The first kappa shape index (κ1) is 19.6. The molecule has 2 aromatic rings. The minimum Gasteiger partial charge on any atom is -0.341 e. The fourth-order valence-corrected chi connectivity index (χ4v) is 4.99. The van der Waals surface area contributed by atoms with Crippen molar-refractivity contribution in [3.05, 3.63) is 65.7 Å². The molecule has 3 rings (SSSR count). The van der Waals surface area contributed by atoms with Crippen LogP contribution < -0.4 is 0 Å². The minimum absolute atomic E-state index is 0.00246. The Hall–Kier alpha value is -2.18. The number of carbonyl (C=O) groups is 1. The highest BCUT2D eigenvalue weighted by atomic mass is 32.2. The maximum absolute atomic E-state index is 12.9. The molecule has 1 aliphatic heterocycles. The van der Waals surface area contributed by atoms with Crippen LogP contribution in [0.4, 0.5) is 0 Å². The van der Waals surface area contributed by atoms with E-state index in [2.05, 4.69) is 0 Å². The highest BCUT2D eigenvalue weighted by Gasteiger charge is 2.34. The lowest BCUT2D eigenvalue weighted by Gasteiger charge is -2.33. The van der Waals surface area contributed by atoms with E-state index < -0.39 is 10.0 Å². The lowest BCUT2D eigenvalue weighted by molar-refractivity contribution is -0.135. The van der Waals surface area contributed by atoms with Crippen LogP contribution in [0, 0.1) is 12.8 Å². The molecule has 0 aromatic heterocycles. The molecule has 1 atom stereocenters. The van der Waals surface area contributed by atoms with E-state index >= 15 is 0 Å². The molecule has 27 heavy (non-hydrogen) atoms. The van der Waals surface area contributed by atoms with Crippen molar-refractivity contribution in [3.8, 4) is 0 Å². The highest BCUT2D eigenvalue weighted by Crippen LogP contribution is 2.25. The maximum Gasteiger partial charge on any atom is 0.243 e. The Morgan fingerprint density at radius 1 is 1.11 bits per heavy atom. The normalized spacial score (nSPS) is 18.2. The van der Waals surface area contributed by atoms with Gasteiger partial charge in [-0.15, -0.1) is 0 Å². The summed E-state index contributed by atoms with van der Waals surface area (Å²) in [5.74, 6) is -0.296. The molecule has 1 saturated heterocycles. The first-order valence-corrected chi connectivity index (χ1v) is 10.7. The van der Waals surface area contributed by atoms with Crippen LogP contribution in [0.5, 0.6) is 0 Å². The minimum atomic E-state index is -3.57. The SMILES string of the molecule is Cc1ccc(S(=O)(=O)N2CCC[C@@H](C(=O)N(C)Cc3ccccc3)C2)cc1. The second kappa shape index (κ2) is 8.23. The van der Waals surface area contributed by atoms with Gasteiger partial charge in [-0.2, -0.15) is 4.31 Å². The molecule has 0 N–H and O–H groups in total. The summed E-state index contributed by atoms with van der Waals surface area (Å²) in [4.78, 5) is 14.8. The van der Waals surface area contributed by atoms with Gasteiger partial charge in [-0.25, -0.2) is 8.42 Å². The molecule has 0 radical (unpaired) electrons. The molecule has 1 aliphatic rings. The Kier molecular flexibility index (Phi) is 5.97. The van der Waals surface area contributed by atoms with Crippen molar-refractivity contribution < 1.29 is 13.2 Å². The number of rotatable bonds is 5. The Bertz CT molecular complexity index is 879. The third-order valence-corrected chi connectivity index (χ3v) is 6.91. The molecule has 144 valence electrons. The molecule has 0 saturated carbocycles. The average molecular weight is 387 g/mol. The molecule has 2 aromatic carbocycles. The Balaban J connectivity index is 1.69. The molecule has 0 aliphatic carbocycles. The van der Waals surface area contributed by atoms with Gasteiger partial charge in [-0.1, -0.05) is 48.0 Å². The summed E-state index contributed by atoms with van der Waals surface area (Å²) in [5.41, 5.74) is 2.08. The molecular formula is C21H26N2O3S. The summed E-state index contributed by atoms with van der Waals surface area (Å²) < 4.78 is 27.3. The van der Waals surface area contributed by atoms with Crippen molar-refractivity contribution in [2.75, 3.05) is 20.1 Å². The number of hydrogen-bond donors (Lipinski definition) is 0. The summed E-state index contributed by atoms with van der Waals surface area (Å²) >= 11 is 0. The second-order valence-electron chi connectivity index (χ2n) is 7.20.